The molecule has 0 saturated heterocycles. The maximum absolute atomic E-state index is 13.3. The van der Waals surface area contributed by atoms with Crippen LogP contribution in [0.3, 0.4) is 0 Å². The molecule has 0 aliphatic rings. The summed E-state index contributed by atoms with van der Waals surface area (Å²) in [4.78, 5) is 19.1. The Morgan fingerprint density at radius 3 is 2.55 bits per heavy atom. The SMILES string of the molecule is O=c1oc(-c2c[nH]c3cc(F)ccc23)nc2cc(F)ccc12. The van der Waals surface area contributed by atoms with Gasteiger partial charge in [0.15, 0.2) is 0 Å². The van der Waals surface area contributed by atoms with Crippen molar-refractivity contribution < 1.29 is 13.2 Å². The normalized spacial score (nSPS) is 11.4. The molecule has 2 aromatic heterocycles. The van der Waals surface area contributed by atoms with Crippen LogP contribution in [-0.4, -0.2) is 9.97 Å². The molecule has 108 valence electrons. The van der Waals surface area contributed by atoms with Gasteiger partial charge in [-0.2, -0.15) is 0 Å². The number of hydrogen-bond donors (Lipinski definition) is 1. The third-order valence-electron chi connectivity index (χ3n) is 3.47. The van der Waals surface area contributed by atoms with E-state index >= 15 is 0 Å². The van der Waals surface area contributed by atoms with Crippen LogP contribution in [0.1, 0.15) is 0 Å². The Labute approximate surface area is 122 Å². The first-order chi connectivity index (χ1) is 10.6. The van der Waals surface area contributed by atoms with Crippen LogP contribution < -0.4 is 5.63 Å². The van der Waals surface area contributed by atoms with Gasteiger partial charge in [0.2, 0.25) is 5.89 Å². The van der Waals surface area contributed by atoms with Crippen molar-refractivity contribution in [1.82, 2.24) is 9.97 Å². The molecule has 0 fully saturated rings. The van der Waals surface area contributed by atoms with Crippen LogP contribution in [-0.2, 0) is 0 Å². The van der Waals surface area contributed by atoms with Gasteiger partial charge in [-0.25, -0.2) is 18.6 Å². The Hall–Kier alpha value is -3.02. The number of aromatic nitrogens is 2. The van der Waals surface area contributed by atoms with E-state index in [2.05, 4.69) is 9.97 Å². The lowest BCUT2D eigenvalue weighted by atomic mass is 10.1. The minimum absolute atomic E-state index is 0.0564. The fourth-order valence-electron chi connectivity index (χ4n) is 2.44. The molecule has 4 nitrogen and oxygen atoms in total. The first-order valence-electron chi connectivity index (χ1n) is 6.49. The predicted molar refractivity (Wildman–Crippen MR) is 77.5 cm³/mol. The first-order valence-corrected chi connectivity index (χ1v) is 6.49. The van der Waals surface area contributed by atoms with Gasteiger partial charge in [0.05, 0.1) is 16.5 Å². The second-order valence-electron chi connectivity index (χ2n) is 4.86. The summed E-state index contributed by atoms with van der Waals surface area (Å²) < 4.78 is 31.7. The van der Waals surface area contributed by atoms with E-state index in [9.17, 15) is 13.6 Å². The predicted octanol–water partition coefficient (Wildman–Crippen LogP) is 3.61. The maximum Gasteiger partial charge on any atom is 0.347 e. The lowest BCUT2D eigenvalue weighted by molar-refractivity contribution is 0.518. The van der Waals surface area contributed by atoms with E-state index in [0.717, 1.165) is 0 Å². The summed E-state index contributed by atoms with van der Waals surface area (Å²) in [5.74, 6) is -0.811. The summed E-state index contributed by atoms with van der Waals surface area (Å²) in [6, 6.07) is 7.88. The van der Waals surface area contributed by atoms with E-state index < -0.39 is 11.4 Å². The molecule has 0 amide bonds. The first kappa shape index (κ1) is 12.7. The fraction of sp³-hybridized carbons (Fsp3) is 0. The Morgan fingerprint density at radius 2 is 1.73 bits per heavy atom. The largest absolute Gasteiger partial charge is 0.403 e. The standard InChI is InChI=1S/C16H8F2N2O2/c17-8-1-3-10-12(7-19-13(10)5-8)15-20-14-6-9(18)2-4-11(14)16(21)22-15/h1-7,19H. The highest BCUT2D eigenvalue weighted by Gasteiger charge is 2.13. The highest BCUT2D eigenvalue weighted by molar-refractivity contribution is 5.94. The van der Waals surface area contributed by atoms with Crippen LogP contribution in [0, 0.1) is 11.6 Å². The van der Waals surface area contributed by atoms with Gasteiger partial charge in [-0.3, -0.25) is 0 Å². The zero-order valence-corrected chi connectivity index (χ0v) is 11.1. The number of rotatable bonds is 1. The summed E-state index contributed by atoms with van der Waals surface area (Å²) >= 11 is 0. The van der Waals surface area contributed by atoms with Crippen molar-refractivity contribution in [1.29, 1.82) is 0 Å². The molecule has 0 saturated carbocycles. The summed E-state index contributed by atoms with van der Waals surface area (Å²) in [6.07, 6.45) is 1.57. The van der Waals surface area contributed by atoms with E-state index in [0.29, 0.717) is 16.5 Å². The van der Waals surface area contributed by atoms with Crippen LogP contribution in [0.25, 0.3) is 33.3 Å². The Bertz CT molecular complexity index is 1080. The van der Waals surface area contributed by atoms with Gasteiger partial charge in [0, 0.05) is 23.2 Å². The second-order valence-corrected chi connectivity index (χ2v) is 4.86. The van der Waals surface area contributed by atoms with Gasteiger partial charge in [-0.1, -0.05) is 0 Å². The lowest BCUT2D eigenvalue weighted by Gasteiger charge is -2.01. The quantitative estimate of drug-likeness (QED) is 0.584. The molecule has 6 heteroatoms. The molecule has 0 aliphatic carbocycles. The van der Waals surface area contributed by atoms with Crippen LogP contribution in [0.5, 0.6) is 0 Å². The molecule has 0 radical (unpaired) electrons. The fourth-order valence-corrected chi connectivity index (χ4v) is 2.44. The molecule has 1 N–H and O–H groups in total. The molecule has 4 rings (SSSR count). The van der Waals surface area contributed by atoms with Crippen molar-refractivity contribution in [2.24, 2.45) is 0 Å². The second kappa shape index (κ2) is 4.49. The van der Waals surface area contributed by atoms with Crippen molar-refractivity contribution in [3.63, 3.8) is 0 Å². The van der Waals surface area contributed by atoms with Gasteiger partial charge in [0.25, 0.3) is 0 Å². The van der Waals surface area contributed by atoms with Gasteiger partial charge < -0.3 is 9.40 Å². The number of hydrogen-bond acceptors (Lipinski definition) is 3. The number of nitrogens with one attached hydrogen (secondary N) is 1. The van der Waals surface area contributed by atoms with Crippen molar-refractivity contribution in [3.05, 3.63) is 64.6 Å². The summed E-state index contributed by atoms with van der Waals surface area (Å²) in [6.45, 7) is 0. The monoisotopic (exact) mass is 298 g/mol. The van der Waals surface area contributed by atoms with Crippen LogP contribution in [0.2, 0.25) is 0 Å². The molecule has 0 aliphatic heterocycles. The van der Waals surface area contributed by atoms with Gasteiger partial charge >= 0.3 is 5.63 Å². The number of fused-ring (bicyclic) bond motifs is 2. The van der Waals surface area contributed by atoms with Crippen molar-refractivity contribution in [2.45, 2.75) is 0 Å². The highest BCUT2D eigenvalue weighted by atomic mass is 19.1. The zero-order chi connectivity index (χ0) is 15.3. The van der Waals surface area contributed by atoms with Crippen molar-refractivity contribution >= 4 is 21.8 Å². The Balaban J connectivity index is 2.02. The van der Waals surface area contributed by atoms with E-state index in [1.165, 1.54) is 30.3 Å². The van der Waals surface area contributed by atoms with Crippen LogP contribution >= 0.6 is 0 Å². The average molecular weight is 298 g/mol. The molecule has 2 aromatic carbocycles. The van der Waals surface area contributed by atoms with Gasteiger partial charge in [0.1, 0.15) is 11.6 Å². The third kappa shape index (κ3) is 1.88. The molecular weight excluding hydrogens is 290 g/mol. The topological polar surface area (TPSA) is 58.9 Å². The Kier molecular flexibility index (Phi) is 2.59. The lowest BCUT2D eigenvalue weighted by Crippen LogP contribution is -2.03. The molecule has 0 bridgehead atoms. The van der Waals surface area contributed by atoms with Crippen LogP contribution in [0.4, 0.5) is 8.78 Å². The Morgan fingerprint density at radius 1 is 1.00 bits per heavy atom. The molecule has 2 heterocycles. The maximum atomic E-state index is 13.3. The number of H-pyrrole nitrogens is 1. The van der Waals surface area contributed by atoms with Crippen molar-refractivity contribution in [2.75, 3.05) is 0 Å². The number of nitrogens with zero attached hydrogens (tertiary/aromatic N) is 1. The van der Waals surface area contributed by atoms with Gasteiger partial charge in [-0.15, -0.1) is 0 Å². The van der Waals surface area contributed by atoms with E-state index in [1.54, 1.807) is 12.3 Å². The third-order valence-corrected chi connectivity index (χ3v) is 3.47. The molecule has 4 aromatic rings. The minimum atomic E-state index is -0.600. The van der Waals surface area contributed by atoms with E-state index in [4.69, 9.17) is 4.42 Å². The summed E-state index contributed by atoms with van der Waals surface area (Å²) in [5.41, 5.74) is 0.677. The number of halogens is 2. The molecular formula is C16H8F2N2O2. The summed E-state index contributed by atoms with van der Waals surface area (Å²) in [5, 5.41) is 0.865. The molecule has 0 atom stereocenters. The van der Waals surface area contributed by atoms with E-state index in [1.807, 2.05) is 0 Å². The molecule has 0 spiro atoms. The summed E-state index contributed by atoms with van der Waals surface area (Å²) in [7, 11) is 0. The van der Waals surface area contributed by atoms with Crippen molar-refractivity contribution in [3.8, 4) is 11.5 Å². The minimum Gasteiger partial charge on any atom is -0.403 e. The number of aromatic amines is 1. The van der Waals surface area contributed by atoms with Crippen LogP contribution in [0.15, 0.2) is 51.8 Å². The average Bonchev–Trinajstić information content (AvgIpc) is 2.89. The molecule has 0 unspecified atom stereocenters. The molecule has 22 heavy (non-hydrogen) atoms. The highest BCUT2D eigenvalue weighted by Crippen LogP contribution is 2.28. The number of benzene rings is 2. The van der Waals surface area contributed by atoms with E-state index in [-0.39, 0.29) is 22.6 Å². The smallest absolute Gasteiger partial charge is 0.347 e. The van der Waals surface area contributed by atoms with Gasteiger partial charge in [-0.05, 0) is 30.3 Å². The zero-order valence-electron chi connectivity index (χ0n) is 11.1.